The molecule has 7 heteroatoms. The fourth-order valence-electron chi connectivity index (χ4n) is 3.08. The molecule has 6 nitrogen and oxygen atoms in total. The van der Waals surface area contributed by atoms with Crippen LogP contribution in [0.1, 0.15) is 32.6 Å². The Morgan fingerprint density at radius 1 is 1.29 bits per heavy atom. The van der Waals surface area contributed by atoms with E-state index >= 15 is 0 Å². The number of nitrogens with zero attached hydrogens (tertiary/aromatic N) is 1. The summed E-state index contributed by atoms with van der Waals surface area (Å²) in [5.74, 6) is 0.735. The zero-order valence-electron chi connectivity index (χ0n) is 14.1. The first-order chi connectivity index (χ1) is 11.4. The van der Waals surface area contributed by atoms with Crippen molar-refractivity contribution in [2.75, 3.05) is 25.5 Å². The van der Waals surface area contributed by atoms with Crippen molar-refractivity contribution < 1.29 is 17.9 Å². The minimum absolute atomic E-state index is 0.0754. The average Bonchev–Trinajstić information content (AvgIpc) is 3.26. The summed E-state index contributed by atoms with van der Waals surface area (Å²) in [6, 6.07) is 4.64. The van der Waals surface area contributed by atoms with E-state index in [1.807, 2.05) is 6.92 Å². The standard InChI is InChI=1S/C17H24N2O4S/c1-12(13-5-6-13)17(20)18-15-11-14(7-8-16(15)23-2)24(21,22)19-9-3-4-10-19/h7-8,11-13H,3-6,9-10H2,1-2H3,(H,18,20). The van der Waals surface area contributed by atoms with Gasteiger partial charge in [-0.05, 0) is 49.8 Å². The third-order valence-electron chi connectivity index (χ3n) is 4.87. The predicted molar refractivity (Wildman–Crippen MR) is 91.5 cm³/mol. The molecule has 1 atom stereocenters. The number of amides is 1. The van der Waals surface area contributed by atoms with Gasteiger partial charge in [0.25, 0.3) is 0 Å². The number of carbonyl (C=O) groups is 1. The minimum atomic E-state index is -3.52. The normalized spacial score (nSPS) is 19.9. The van der Waals surface area contributed by atoms with Crippen molar-refractivity contribution >= 4 is 21.6 Å². The molecule has 0 aromatic heterocycles. The van der Waals surface area contributed by atoms with Crippen molar-refractivity contribution in [3.05, 3.63) is 18.2 Å². The van der Waals surface area contributed by atoms with Crippen LogP contribution in [0.2, 0.25) is 0 Å². The second-order valence-corrected chi connectivity index (χ2v) is 8.53. The number of hydrogen-bond donors (Lipinski definition) is 1. The van der Waals surface area contributed by atoms with Crippen LogP contribution >= 0.6 is 0 Å². The SMILES string of the molecule is COc1ccc(S(=O)(=O)N2CCCC2)cc1NC(=O)C(C)C1CC1. The maximum absolute atomic E-state index is 12.7. The highest BCUT2D eigenvalue weighted by Gasteiger charge is 2.33. The number of methoxy groups -OCH3 is 1. The smallest absolute Gasteiger partial charge is 0.243 e. The molecule has 24 heavy (non-hydrogen) atoms. The summed E-state index contributed by atoms with van der Waals surface area (Å²) in [5, 5.41) is 2.84. The summed E-state index contributed by atoms with van der Waals surface area (Å²) in [4.78, 5) is 12.5. The number of benzene rings is 1. The van der Waals surface area contributed by atoms with Gasteiger partial charge in [0.1, 0.15) is 5.75 Å². The van der Waals surface area contributed by atoms with Crippen LogP contribution in [0, 0.1) is 11.8 Å². The first-order valence-corrected chi connectivity index (χ1v) is 9.86. The molecule has 0 bridgehead atoms. The predicted octanol–water partition coefficient (Wildman–Crippen LogP) is 2.46. The highest BCUT2D eigenvalue weighted by atomic mass is 32.2. The van der Waals surface area contributed by atoms with Gasteiger partial charge in [-0.1, -0.05) is 6.92 Å². The van der Waals surface area contributed by atoms with E-state index < -0.39 is 10.0 Å². The molecule has 3 rings (SSSR count). The van der Waals surface area contributed by atoms with Gasteiger partial charge in [-0.15, -0.1) is 0 Å². The molecule has 1 saturated heterocycles. The Morgan fingerprint density at radius 3 is 2.54 bits per heavy atom. The molecule has 1 aromatic rings. The minimum Gasteiger partial charge on any atom is -0.495 e. The summed E-state index contributed by atoms with van der Waals surface area (Å²) in [6.07, 6.45) is 3.93. The molecule has 1 N–H and O–H groups in total. The van der Waals surface area contributed by atoms with Crippen LogP contribution < -0.4 is 10.1 Å². The van der Waals surface area contributed by atoms with Gasteiger partial charge in [-0.2, -0.15) is 4.31 Å². The molecule has 1 aromatic carbocycles. The Balaban J connectivity index is 1.86. The number of carbonyl (C=O) groups excluding carboxylic acids is 1. The molecule has 0 spiro atoms. The fraction of sp³-hybridized carbons (Fsp3) is 0.588. The van der Waals surface area contributed by atoms with Crippen molar-refractivity contribution in [3.63, 3.8) is 0 Å². The topological polar surface area (TPSA) is 75.7 Å². The molecule has 1 aliphatic carbocycles. The third-order valence-corrected chi connectivity index (χ3v) is 6.77. The van der Waals surface area contributed by atoms with Gasteiger partial charge in [0.15, 0.2) is 0 Å². The number of sulfonamides is 1. The van der Waals surface area contributed by atoms with E-state index in [1.165, 1.54) is 23.5 Å². The van der Waals surface area contributed by atoms with Gasteiger partial charge in [0, 0.05) is 19.0 Å². The maximum atomic E-state index is 12.7. The Kier molecular flexibility index (Phi) is 4.83. The summed E-state index contributed by atoms with van der Waals surface area (Å²) in [7, 11) is -2.02. The number of nitrogens with one attached hydrogen (secondary N) is 1. The van der Waals surface area contributed by atoms with Gasteiger partial charge in [-0.25, -0.2) is 8.42 Å². The van der Waals surface area contributed by atoms with Crippen molar-refractivity contribution in [1.29, 1.82) is 0 Å². The van der Waals surface area contributed by atoms with Crippen molar-refractivity contribution in [2.24, 2.45) is 11.8 Å². The van der Waals surface area contributed by atoms with Crippen LogP contribution in [0.15, 0.2) is 23.1 Å². The molecule has 0 radical (unpaired) electrons. The van der Waals surface area contributed by atoms with E-state index in [9.17, 15) is 13.2 Å². The zero-order chi connectivity index (χ0) is 17.3. The highest BCUT2D eigenvalue weighted by Crippen LogP contribution is 2.38. The van der Waals surface area contributed by atoms with Gasteiger partial charge in [-0.3, -0.25) is 4.79 Å². The van der Waals surface area contributed by atoms with Crippen LogP contribution in [0.25, 0.3) is 0 Å². The fourth-order valence-corrected chi connectivity index (χ4v) is 4.62. The zero-order valence-corrected chi connectivity index (χ0v) is 14.9. The highest BCUT2D eigenvalue weighted by molar-refractivity contribution is 7.89. The van der Waals surface area contributed by atoms with Crippen LogP contribution in [-0.4, -0.2) is 38.8 Å². The van der Waals surface area contributed by atoms with Gasteiger partial charge >= 0.3 is 0 Å². The molecule has 1 aliphatic heterocycles. The van der Waals surface area contributed by atoms with Crippen molar-refractivity contribution in [3.8, 4) is 5.75 Å². The van der Waals surface area contributed by atoms with E-state index in [-0.39, 0.29) is 16.7 Å². The first-order valence-electron chi connectivity index (χ1n) is 8.42. The second-order valence-electron chi connectivity index (χ2n) is 6.59. The lowest BCUT2D eigenvalue weighted by molar-refractivity contribution is -0.119. The molecular formula is C17H24N2O4S. The van der Waals surface area contributed by atoms with E-state index in [0.29, 0.717) is 30.4 Å². The number of ether oxygens (including phenoxy) is 1. The van der Waals surface area contributed by atoms with Crippen LogP contribution in [-0.2, 0) is 14.8 Å². The molecule has 1 saturated carbocycles. The van der Waals surface area contributed by atoms with Crippen molar-refractivity contribution in [2.45, 2.75) is 37.5 Å². The summed E-state index contributed by atoms with van der Waals surface area (Å²) >= 11 is 0. The molecule has 1 unspecified atom stereocenters. The second kappa shape index (κ2) is 6.72. The number of hydrogen-bond acceptors (Lipinski definition) is 4. The lowest BCUT2D eigenvalue weighted by atomic mass is 10.1. The van der Waals surface area contributed by atoms with E-state index in [0.717, 1.165) is 25.7 Å². The monoisotopic (exact) mass is 352 g/mol. The molecular weight excluding hydrogens is 328 g/mol. The summed E-state index contributed by atoms with van der Waals surface area (Å²) in [6.45, 7) is 3.01. The van der Waals surface area contributed by atoms with E-state index in [2.05, 4.69) is 5.32 Å². The van der Waals surface area contributed by atoms with Gasteiger partial charge in [0.2, 0.25) is 15.9 Å². The Morgan fingerprint density at radius 2 is 1.96 bits per heavy atom. The van der Waals surface area contributed by atoms with Gasteiger partial charge in [0.05, 0.1) is 17.7 Å². The van der Waals surface area contributed by atoms with Crippen molar-refractivity contribution in [1.82, 2.24) is 4.31 Å². The number of anilines is 1. The van der Waals surface area contributed by atoms with Gasteiger partial charge < -0.3 is 10.1 Å². The molecule has 2 aliphatic rings. The van der Waals surface area contributed by atoms with E-state index in [1.54, 1.807) is 6.07 Å². The lowest BCUT2D eigenvalue weighted by Crippen LogP contribution is -2.28. The molecule has 2 fully saturated rings. The van der Waals surface area contributed by atoms with Crippen LogP contribution in [0.5, 0.6) is 5.75 Å². The average molecular weight is 352 g/mol. The third kappa shape index (κ3) is 3.42. The Hall–Kier alpha value is -1.60. The maximum Gasteiger partial charge on any atom is 0.243 e. The van der Waals surface area contributed by atoms with Crippen LogP contribution in [0.4, 0.5) is 5.69 Å². The summed E-state index contributed by atoms with van der Waals surface area (Å²) in [5.41, 5.74) is 0.412. The molecule has 1 amide bonds. The molecule has 132 valence electrons. The Bertz CT molecular complexity index is 722. The van der Waals surface area contributed by atoms with E-state index in [4.69, 9.17) is 4.74 Å². The number of rotatable bonds is 6. The quantitative estimate of drug-likeness (QED) is 0.853. The lowest BCUT2D eigenvalue weighted by Gasteiger charge is -2.18. The van der Waals surface area contributed by atoms with Crippen LogP contribution in [0.3, 0.4) is 0 Å². The summed E-state index contributed by atoms with van der Waals surface area (Å²) < 4.78 is 32.2. The largest absolute Gasteiger partial charge is 0.495 e. The first kappa shape index (κ1) is 17.2. The molecule has 1 heterocycles. The Labute approximate surface area is 143 Å².